The van der Waals surface area contributed by atoms with Gasteiger partial charge in [-0.1, -0.05) is 32.3 Å². The minimum absolute atomic E-state index is 0.129. The molecule has 0 unspecified atom stereocenters. The number of ether oxygens (including phenoxy) is 3. The van der Waals surface area contributed by atoms with Crippen molar-refractivity contribution in [3.05, 3.63) is 12.7 Å². The zero-order valence-electron chi connectivity index (χ0n) is 11.7. The highest BCUT2D eigenvalue weighted by Crippen LogP contribution is 2.32. The first-order valence-corrected chi connectivity index (χ1v) is 7.32. The highest BCUT2D eigenvalue weighted by Gasteiger charge is 2.38. The Labute approximate surface area is 115 Å². The van der Waals surface area contributed by atoms with Gasteiger partial charge < -0.3 is 14.2 Å². The molecule has 0 bridgehead atoms. The van der Waals surface area contributed by atoms with Crippen LogP contribution in [0.4, 0.5) is 0 Å². The molecule has 2 fully saturated rings. The van der Waals surface area contributed by atoms with Gasteiger partial charge in [-0.2, -0.15) is 0 Å². The SMILES string of the molecule is C=CC(=O)OC(C)(OC1CCCC1)OC1CCCC1. The maximum Gasteiger partial charge on any atom is 0.334 e. The Kier molecular flexibility index (Phi) is 4.99. The number of hydrogen-bond acceptors (Lipinski definition) is 4. The molecule has 0 spiro atoms. The fraction of sp³-hybridized carbons (Fsp3) is 0.800. The molecule has 0 radical (unpaired) electrons. The van der Waals surface area contributed by atoms with E-state index in [1.807, 2.05) is 0 Å². The molecule has 0 aliphatic heterocycles. The van der Waals surface area contributed by atoms with E-state index < -0.39 is 11.9 Å². The molecule has 2 aliphatic rings. The molecule has 2 rings (SSSR count). The van der Waals surface area contributed by atoms with Crippen LogP contribution in [0.25, 0.3) is 0 Å². The molecular weight excluding hydrogens is 244 g/mol. The molecule has 2 aliphatic carbocycles. The second kappa shape index (κ2) is 6.53. The normalized spacial score (nSPS) is 21.7. The molecule has 4 nitrogen and oxygen atoms in total. The van der Waals surface area contributed by atoms with Crippen LogP contribution in [0.3, 0.4) is 0 Å². The molecular formula is C15H24O4. The van der Waals surface area contributed by atoms with Crippen LogP contribution in [0.5, 0.6) is 0 Å². The maximum absolute atomic E-state index is 11.5. The van der Waals surface area contributed by atoms with E-state index >= 15 is 0 Å². The van der Waals surface area contributed by atoms with Crippen molar-refractivity contribution in [3.8, 4) is 0 Å². The minimum atomic E-state index is -1.27. The third kappa shape index (κ3) is 4.32. The molecule has 0 heterocycles. The Hall–Kier alpha value is -0.870. The van der Waals surface area contributed by atoms with Gasteiger partial charge in [-0.3, -0.25) is 0 Å². The number of hydrogen-bond donors (Lipinski definition) is 0. The summed E-state index contributed by atoms with van der Waals surface area (Å²) in [7, 11) is 0. The van der Waals surface area contributed by atoms with Gasteiger partial charge in [0.25, 0.3) is 0 Å². The fourth-order valence-electron chi connectivity index (χ4n) is 2.92. The van der Waals surface area contributed by atoms with E-state index in [1.54, 1.807) is 6.92 Å². The molecule has 0 atom stereocenters. The average Bonchev–Trinajstić information content (AvgIpc) is 3.02. The predicted molar refractivity (Wildman–Crippen MR) is 71.4 cm³/mol. The van der Waals surface area contributed by atoms with Gasteiger partial charge in [0.05, 0.1) is 12.2 Å². The van der Waals surface area contributed by atoms with Gasteiger partial charge in [0, 0.05) is 13.0 Å². The van der Waals surface area contributed by atoms with Crippen molar-refractivity contribution in [2.45, 2.75) is 76.5 Å². The van der Waals surface area contributed by atoms with Crippen molar-refractivity contribution in [3.63, 3.8) is 0 Å². The monoisotopic (exact) mass is 268 g/mol. The van der Waals surface area contributed by atoms with E-state index in [-0.39, 0.29) is 12.2 Å². The number of carbonyl (C=O) groups is 1. The molecule has 2 saturated carbocycles. The molecule has 0 amide bonds. The lowest BCUT2D eigenvalue weighted by Crippen LogP contribution is -2.42. The third-order valence-corrected chi connectivity index (χ3v) is 3.82. The van der Waals surface area contributed by atoms with Gasteiger partial charge in [-0.25, -0.2) is 4.79 Å². The quantitative estimate of drug-likeness (QED) is 0.421. The van der Waals surface area contributed by atoms with E-state index in [0.29, 0.717) is 0 Å². The predicted octanol–water partition coefficient (Wildman–Crippen LogP) is 3.31. The highest BCUT2D eigenvalue weighted by molar-refractivity contribution is 5.81. The number of esters is 1. The molecule has 0 saturated heterocycles. The van der Waals surface area contributed by atoms with Crippen LogP contribution in [0, 0.1) is 0 Å². The van der Waals surface area contributed by atoms with Crippen LogP contribution >= 0.6 is 0 Å². The lowest BCUT2D eigenvalue weighted by molar-refractivity contribution is -0.376. The van der Waals surface area contributed by atoms with Gasteiger partial charge in [0.15, 0.2) is 0 Å². The first kappa shape index (κ1) is 14.5. The molecule has 4 heteroatoms. The summed E-state index contributed by atoms with van der Waals surface area (Å²) in [6, 6.07) is 0. The number of rotatable bonds is 6. The Balaban J connectivity index is 1.96. The van der Waals surface area contributed by atoms with Gasteiger partial charge in [0.2, 0.25) is 0 Å². The Morgan fingerprint density at radius 3 is 1.84 bits per heavy atom. The number of carbonyl (C=O) groups excluding carboxylic acids is 1. The van der Waals surface area contributed by atoms with E-state index in [9.17, 15) is 4.79 Å². The van der Waals surface area contributed by atoms with E-state index in [1.165, 1.54) is 25.7 Å². The van der Waals surface area contributed by atoms with E-state index in [2.05, 4.69) is 6.58 Å². The highest BCUT2D eigenvalue weighted by atomic mass is 16.9. The van der Waals surface area contributed by atoms with Gasteiger partial charge >= 0.3 is 11.9 Å². The average molecular weight is 268 g/mol. The summed E-state index contributed by atoms with van der Waals surface area (Å²) in [5.41, 5.74) is 0. The second-order valence-electron chi connectivity index (χ2n) is 5.54. The molecule has 19 heavy (non-hydrogen) atoms. The lowest BCUT2D eigenvalue weighted by atomic mass is 10.3. The summed E-state index contributed by atoms with van der Waals surface area (Å²) in [5, 5.41) is 0. The van der Waals surface area contributed by atoms with Crippen LogP contribution in [-0.4, -0.2) is 24.2 Å². The molecule has 0 N–H and O–H groups in total. The summed E-state index contributed by atoms with van der Waals surface area (Å²) in [4.78, 5) is 11.5. The molecule has 0 aromatic carbocycles. The van der Waals surface area contributed by atoms with Crippen molar-refractivity contribution in [1.29, 1.82) is 0 Å². The fourth-order valence-corrected chi connectivity index (χ4v) is 2.92. The lowest BCUT2D eigenvalue weighted by Gasteiger charge is -2.33. The first-order chi connectivity index (χ1) is 9.11. The van der Waals surface area contributed by atoms with Gasteiger partial charge in [0.1, 0.15) is 0 Å². The third-order valence-electron chi connectivity index (χ3n) is 3.82. The minimum Gasteiger partial charge on any atom is -0.405 e. The largest absolute Gasteiger partial charge is 0.405 e. The molecule has 0 aromatic heterocycles. The van der Waals surface area contributed by atoms with E-state index in [4.69, 9.17) is 14.2 Å². The summed E-state index contributed by atoms with van der Waals surface area (Å²) in [6.07, 6.45) is 10.1. The van der Waals surface area contributed by atoms with Crippen molar-refractivity contribution < 1.29 is 19.0 Å². The summed E-state index contributed by atoms with van der Waals surface area (Å²) in [5.74, 6) is -1.77. The molecule has 108 valence electrons. The van der Waals surface area contributed by atoms with Crippen molar-refractivity contribution in [2.75, 3.05) is 0 Å². The summed E-state index contributed by atoms with van der Waals surface area (Å²) in [6.45, 7) is 5.12. The Bertz CT molecular complexity index is 296. The van der Waals surface area contributed by atoms with Gasteiger partial charge in [-0.15, -0.1) is 0 Å². The first-order valence-electron chi connectivity index (χ1n) is 7.32. The van der Waals surface area contributed by atoms with Crippen LogP contribution in [0.2, 0.25) is 0 Å². The molecule has 0 aromatic rings. The van der Waals surface area contributed by atoms with Crippen molar-refractivity contribution in [1.82, 2.24) is 0 Å². The maximum atomic E-state index is 11.5. The Morgan fingerprint density at radius 2 is 1.47 bits per heavy atom. The Morgan fingerprint density at radius 1 is 1.05 bits per heavy atom. The topological polar surface area (TPSA) is 44.8 Å². The van der Waals surface area contributed by atoms with Gasteiger partial charge in [-0.05, 0) is 25.7 Å². The standard InChI is InChI=1S/C15H24O4/c1-3-14(16)19-15(2,17-12-8-4-5-9-12)18-13-10-6-7-11-13/h3,12-13H,1,4-11H2,2H3. The zero-order chi connectivity index (χ0) is 13.7. The van der Waals surface area contributed by atoms with Crippen LogP contribution < -0.4 is 0 Å². The summed E-state index contributed by atoms with van der Waals surface area (Å²) >= 11 is 0. The smallest absolute Gasteiger partial charge is 0.334 e. The second-order valence-corrected chi connectivity index (χ2v) is 5.54. The van der Waals surface area contributed by atoms with Crippen LogP contribution in [0.1, 0.15) is 58.3 Å². The zero-order valence-corrected chi connectivity index (χ0v) is 11.7. The van der Waals surface area contributed by atoms with Crippen LogP contribution in [0.15, 0.2) is 12.7 Å². The van der Waals surface area contributed by atoms with Crippen molar-refractivity contribution in [2.24, 2.45) is 0 Å². The summed E-state index contributed by atoms with van der Waals surface area (Å²) < 4.78 is 17.2. The van der Waals surface area contributed by atoms with Crippen molar-refractivity contribution >= 4 is 5.97 Å². The van der Waals surface area contributed by atoms with E-state index in [0.717, 1.165) is 31.8 Å². The van der Waals surface area contributed by atoms with Crippen LogP contribution in [-0.2, 0) is 19.0 Å².